The van der Waals surface area contributed by atoms with Gasteiger partial charge in [0.2, 0.25) is 11.9 Å². The molecule has 2 aromatic rings. The van der Waals surface area contributed by atoms with Crippen LogP contribution < -0.4 is 15.1 Å². The van der Waals surface area contributed by atoms with Gasteiger partial charge in [0.1, 0.15) is 11.7 Å². The number of aromatic nitrogens is 2. The highest BCUT2D eigenvalue weighted by Crippen LogP contribution is 2.39. The molecule has 0 bridgehead atoms. The van der Waals surface area contributed by atoms with Gasteiger partial charge in [0, 0.05) is 32.2 Å². The highest BCUT2D eigenvalue weighted by Gasteiger charge is 2.39. The van der Waals surface area contributed by atoms with Crippen molar-refractivity contribution in [3.05, 3.63) is 40.8 Å². The Morgan fingerprint density at radius 2 is 1.84 bits per heavy atom. The number of hydrogen-bond donors (Lipinski definition) is 1. The first-order chi connectivity index (χ1) is 15.2. The molecule has 2 amide bonds. The number of halogens is 3. The molecule has 5 rings (SSSR count). The molecular formula is C21H21F3N6O2. The molecule has 11 heteroatoms. The van der Waals surface area contributed by atoms with Gasteiger partial charge in [-0.15, -0.1) is 0 Å². The van der Waals surface area contributed by atoms with E-state index in [1.54, 1.807) is 4.90 Å². The van der Waals surface area contributed by atoms with E-state index in [-0.39, 0.29) is 36.6 Å². The topological polar surface area (TPSA) is 81.7 Å². The molecular weight excluding hydrogens is 425 g/mol. The summed E-state index contributed by atoms with van der Waals surface area (Å²) in [4.78, 5) is 39.3. The van der Waals surface area contributed by atoms with Crippen LogP contribution in [0.4, 0.5) is 30.6 Å². The molecule has 0 spiro atoms. The van der Waals surface area contributed by atoms with Crippen LogP contribution in [0.2, 0.25) is 0 Å². The van der Waals surface area contributed by atoms with Crippen LogP contribution in [-0.4, -0.2) is 65.4 Å². The zero-order valence-corrected chi connectivity index (χ0v) is 17.5. The molecule has 0 saturated carbocycles. The van der Waals surface area contributed by atoms with Crippen molar-refractivity contribution in [3.8, 4) is 0 Å². The predicted octanol–water partition coefficient (Wildman–Crippen LogP) is 1.95. The van der Waals surface area contributed by atoms with Crippen LogP contribution in [0.3, 0.4) is 0 Å². The number of likely N-dealkylation sites (tertiary alicyclic amines) is 1. The smallest absolute Gasteiger partial charge is 0.254 e. The van der Waals surface area contributed by atoms with Crippen LogP contribution in [0.1, 0.15) is 29.4 Å². The second-order valence-electron chi connectivity index (χ2n) is 8.35. The first-order valence-corrected chi connectivity index (χ1v) is 10.4. The summed E-state index contributed by atoms with van der Waals surface area (Å²) in [5.74, 6) is -3.84. The minimum atomic E-state index is -1.60. The highest BCUT2D eigenvalue weighted by atomic mass is 19.2. The Hall–Kier alpha value is -3.37. The van der Waals surface area contributed by atoms with Gasteiger partial charge < -0.3 is 20.0 Å². The molecule has 3 aliphatic heterocycles. The minimum Gasteiger partial charge on any atom is -0.348 e. The largest absolute Gasteiger partial charge is 0.348 e. The zero-order valence-electron chi connectivity index (χ0n) is 17.5. The normalized spacial score (nSPS) is 20.2. The Morgan fingerprint density at radius 3 is 2.53 bits per heavy atom. The zero-order chi connectivity index (χ0) is 22.7. The van der Waals surface area contributed by atoms with E-state index in [4.69, 9.17) is 0 Å². The van der Waals surface area contributed by atoms with Gasteiger partial charge in [-0.25, -0.2) is 18.2 Å². The third-order valence-corrected chi connectivity index (χ3v) is 6.27. The third kappa shape index (κ3) is 3.14. The lowest BCUT2D eigenvalue weighted by molar-refractivity contribution is -0.119. The van der Waals surface area contributed by atoms with Gasteiger partial charge in [0.05, 0.1) is 11.7 Å². The number of carbonyl (C=O) groups excluding carboxylic acids is 2. The Labute approximate surface area is 182 Å². The number of aryl methyl sites for hydroxylation is 1. The molecule has 1 fully saturated rings. The molecule has 3 aliphatic rings. The molecule has 8 nitrogen and oxygen atoms in total. The Balaban J connectivity index is 1.31. The summed E-state index contributed by atoms with van der Waals surface area (Å²) in [6.07, 6.45) is 1.56. The van der Waals surface area contributed by atoms with Gasteiger partial charge in [-0.3, -0.25) is 9.59 Å². The van der Waals surface area contributed by atoms with Crippen LogP contribution >= 0.6 is 0 Å². The maximum absolute atomic E-state index is 13.4. The molecule has 168 valence electrons. The van der Waals surface area contributed by atoms with E-state index in [9.17, 15) is 22.8 Å². The molecule has 1 saturated heterocycles. The SMILES string of the molecule is C[C@H]1C(=O)N2CCCc3nc(NC4CN(C(=O)c5cc(F)c(F)c(F)c5)C4)nc(c32)N1C. The van der Waals surface area contributed by atoms with Crippen molar-refractivity contribution < 1.29 is 22.8 Å². The Bertz CT molecular complexity index is 1110. The second kappa shape index (κ2) is 7.35. The molecule has 1 aromatic carbocycles. The van der Waals surface area contributed by atoms with E-state index in [1.165, 1.54) is 4.90 Å². The quantitative estimate of drug-likeness (QED) is 0.726. The fourth-order valence-electron chi connectivity index (χ4n) is 4.34. The number of amides is 2. The summed E-state index contributed by atoms with van der Waals surface area (Å²) in [5.41, 5.74) is 1.33. The average molecular weight is 446 g/mol. The van der Waals surface area contributed by atoms with E-state index in [1.807, 2.05) is 18.9 Å². The maximum atomic E-state index is 13.4. The van der Waals surface area contributed by atoms with Gasteiger partial charge in [0.25, 0.3) is 5.91 Å². The van der Waals surface area contributed by atoms with E-state index in [2.05, 4.69) is 15.3 Å². The van der Waals surface area contributed by atoms with Crippen molar-refractivity contribution in [1.29, 1.82) is 0 Å². The molecule has 1 atom stereocenters. The number of likely N-dealkylation sites (N-methyl/N-ethyl adjacent to an activating group) is 1. The molecule has 0 unspecified atom stereocenters. The third-order valence-electron chi connectivity index (χ3n) is 6.27. The van der Waals surface area contributed by atoms with E-state index >= 15 is 0 Å². The van der Waals surface area contributed by atoms with Crippen LogP contribution in [0, 0.1) is 17.5 Å². The lowest BCUT2D eigenvalue weighted by Gasteiger charge is -2.42. The number of nitrogens with one attached hydrogen (secondary N) is 1. The van der Waals surface area contributed by atoms with E-state index in [0.29, 0.717) is 30.4 Å². The number of hydrogen-bond acceptors (Lipinski definition) is 6. The van der Waals surface area contributed by atoms with Gasteiger partial charge in [0.15, 0.2) is 23.3 Å². The van der Waals surface area contributed by atoms with Crippen LogP contribution in [-0.2, 0) is 11.2 Å². The van der Waals surface area contributed by atoms with Gasteiger partial charge >= 0.3 is 0 Å². The second-order valence-corrected chi connectivity index (χ2v) is 8.35. The van der Waals surface area contributed by atoms with Crippen molar-refractivity contribution in [2.24, 2.45) is 0 Å². The standard InChI is InChI=1S/C21H21F3N6O2/c1-10-19(31)30-5-3-4-15-17(30)18(28(10)2)27-21(26-15)25-12-8-29(9-12)20(32)11-6-13(22)16(24)14(23)7-11/h6-7,10,12H,3-5,8-9H2,1-2H3,(H,25,26,27)/t10-/m0/s1. The maximum Gasteiger partial charge on any atom is 0.254 e. The molecule has 4 heterocycles. The van der Waals surface area contributed by atoms with Gasteiger partial charge in [-0.2, -0.15) is 4.98 Å². The van der Waals surface area contributed by atoms with Crippen LogP contribution in [0.5, 0.6) is 0 Å². The lowest BCUT2D eigenvalue weighted by Crippen LogP contribution is -2.57. The summed E-state index contributed by atoms with van der Waals surface area (Å²) >= 11 is 0. The first-order valence-electron chi connectivity index (χ1n) is 10.4. The fourth-order valence-corrected chi connectivity index (χ4v) is 4.34. The Kier molecular flexibility index (Phi) is 4.72. The lowest BCUT2D eigenvalue weighted by atomic mass is 10.0. The molecule has 32 heavy (non-hydrogen) atoms. The van der Waals surface area contributed by atoms with Crippen molar-refractivity contribution in [1.82, 2.24) is 14.9 Å². The van der Waals surface area contributed by atoms with Crippen molar-refractivity contribution in [2.75, 3.05) is 41.8 Å². The van der Waals surface area contributed by atoms with E-state index < -0.39 is 23.4 Å². The summed E-state index contributed by atoms with van der Waals surface area (Å²) in [6.45, 7) is 3.06. The molecule has 0 aliphatic carbocycles. The van der Waals surface area contributed by atoms with Crippen molar-refractivity contribution in [2.45, 2.75) is 31.8 Å². The van der Waals surface area contributed by atoms with E-state index in [0.717, 1.165) is 24.2 Å². The fraction of sp³-hybridized carbons (Fsp3) is 0.429. The summed E-state index contributed by atoms with van der Waals surface area (Å²) in [6, 6.07) is 0.919. The van der Waals surface area contributed by atoms with Crippen molar-refractivity contribution in [3.63, 3.8) is 0 Å². The number of benzene rings is 1. The minimum absolute atomic E-state index is 0.0343. The summed E-state index contributed by atoms with van der Waals surface area (Å²) in [7, 11) is 1.83. The number of anilines is 3. The van der Waals surface area contributed by atoms with Gasteiger partial charge in [-0.05, 0) is 31.9 Å². The first kappa shape index (κ1) is 20.5. The van der Waals surface area contributed by atoms with Crippen molar-refractivity contribution >= 4 is 29.3 Å². The molecule has 1 N–H and O–H groups in total. The summed E-state index contributed by atoms with van der Waals surface area (Å²) in [5, 5.41) is 3.20. The predicted molar refractivity (Wildman–Crippen MR) is 110 cm³/mol. The monoisotopic (exact) mass is 446 g/mol. The summed E-state index contributed by atoms with van der Waals surface area (Å²) < 4.78 is 40.0. The number of carbonyl (C=O) groups is 2. The van der Waals surface area contributed by atoms with Gasteiger partial charge in [-0.1, -0.05) is 0 Å². The van der Waals surface area contributed by atoms with Crippen LogP contribution in [0.15, 0.2) is 12.1 Å². The number of nitrogens with zero attached hydrogens (tertiary/aromatic N) is 5. The Morgan fingerprint density at radius 1 is 1.16 bits per heavy atom. The highest BCUT2D eigenvalue weighted by molar-refractivity contribution is 6.05. The molecule has 1 aromatic heterocycles. The number of rotatable bonds is 3. The van der Waals surface area contributed by atoms with Crippen LogP contribution in [0.25, 0.3) is 0 Å². The molecule has 0 radical (unpaired) electrons. The average Bonchev–Trinajstić information content (AvgIpc) is 2.75.